The zero-order valence-corrected chi connectivity index (χ0v) is 12.3. The summed E-state index contributed by atoms with van der Waals surface area (Å²) in [7, 11) is 3.00. The number of benzene rings is 2. The summed E-state index contributed by atoms with van der Waals surface area (Å²) >= 11 is 5.84. The van der Waals surface area contributed by atoms with Crippen LogP contribution in [-0.4, -0.2) is 25.2 Å². The van der Waals surface area contributed by atoms with Crippen LogP contribution in [0.15, 0.2) is 36.4 Å². The number of anilines is 1. The quantitative estimate of drug-likeness (QED) is 0.850. The van der Waals surface area contributed by atoms with Crippen molar-refractivity contribution < 1.29 is 19.4 Å². The van der Waals surface area contributed by atoms with E-state index in [0.29, 0.717) is 22.1 Å². The van der Waals surface area contributed by atoms with Crippen molar-refractivity contribution in [3.05, 3.63) is 47.0 Å². The molecule has 0 unspecified atom stereocenters. The number of halogens is 1. The predicted molar refractivity (Wildman–Crippen MR) is 80.6 cm³/mol. The summed E-state index contributed by atoms with van der Waals surface area (Å²) in [5.74, 6) is 0.511. The molecule has 21 heavy (non-hydrogen) atoms. The van der Waals surface area contributed by atoms with E-state index in [4.69, 9.17) is 21.1 Å². The van der Waals surface area contributed by atoms with Crippen molar-refractivity contribution >= 4 is 23.2 Å². The maximum atomic E-state index is 12.2. The number of phenolic OH excluding ortho intramolecular Hbond substituents is 1. The minimum absolute atomic E-state index is 0.0670. The molecule has 2 N–H and O–H groups in total. The normalized spacial score (nSPS) is 10.0. The van der Waals surface area contributed by atoms with Crippen molar-refractivity contribution in [2.45, 2.75) is 0 Å². The maximum absolute atomic E-state index is 12.2. The van der Waals surface area contributed by atoms with Gasteiger partial charge in [0.1, 0.15) is 17.2 Å². The summed E-state index contributed by atoms with van der Waals surface area (Å²) in [5.41, 5.74) is 0.569. The molecule has 0 bridgehead atoms. The van der Waals surface area contributed by atoms with Crippen molar-refractivity contribution in [1.29, 1.82) is 0 Å². The second kappa shape index (κ2) is 6.37. The van der Waals surface area contributed by atoms with E-state index >= 15 is 0 Å². The molecule has 2 aromatic rings. The molecule has 110 valence electrons. The van der Waals surface area contributed by atoms with Gasteiger partial charge in [-0.1, -0.05) is 11.6 Å². The average molecular weight is 308 g/mol. The van der Waals surface area contributed by atoms with Gasteiger partial charge in [0.05, 0.1) is 19.9 Å². The van der Waals surface area contributed by atoms with Gasteiger partial charge in [-0.25, -0.2) is 0 Å². The van der Waals surface area contributed by atoms with Gasteiger partial charge in [0.25, 0.3) is 5.91 Å². The highest BCUT2D eigenvalue weighted by atomic mass is 35.5. The number of ether oxygens (including phenoxy) is 2. The Kier molecular flexibility index (Phi) is 4.55. The largest absolute Gasteiger partial charge is 0.506 e. The molecular formula is C15H14ClNO4. The molecule has 0 aliphatic rings. The van der Waals surface area contributed by atoms with Crippen LogP contribution in [0, 0.1) is 0 Å². The number of hydrogen-bond acceptors (Lipinski definition) is 4. The molecule has 0 radical (unpaired) electrons. The predicted octanol–water partition coefficient (Wildman–Crippen LogP) is 3.32. The monoisotopic (exact) mass is 307 g/mol. The Bertz CT molecular complexity index is 650. The summed E-state index contributed by atoms with van der Waals surface area (Å²) in [4.78, 5) is 12.2. The number of amides is 1. The third-order valence-electron chi connectivity index (χ3n) is 2.82. The fourth-order valence-corrected chi connectivity index (χ4v) is 1.91. The second-order valence-electron chi connectivity index (χ2n) is 4.22. The Hall–Kier alpha value is -2.40. The first-order chi connectivity index (χ1) is 10.0. The standard InChI is InChI=1S/C15H14ClNO4/c1-20-11-5-9(6-12(8-11)21-2)15(19)17-13-7-10(16)3-4-14(13)18/h3-8,18H,1-2H3,(H,17,19). The van der Waals surface area contributed by atoms with E-state index in [0.717, 1.165) is 0 Å². The Morgan fingerprint density at radius 2 is 1.71 bits per heavy atom. The molecule has 0 heterocycles. The molecule has 0 saturated carbocycles. The van der Waals surface area contributed by atoms with Crippen LogP contribution in [0.1, 0.15) is 10.4 Å². The molecule has 0 saturated heterocycles. The smallest absolute Gasteiger partial charge is 0.256 e. The second-order valence-corrected chi connectivity index (χ2v) is 4.65. The van der Waals surface area contributed by atoms with Gasteiger partial charge in [-0.3, -0.25) is 4.79 Å². The van der Waals surface area contributed by atoms with Gasteiger partial charge in [-0.2, -0.15) is 0 Å². The highest BCUT2D eigenvalue weighted by Crippen LogP contribution is 2.28. The lowest BCUT2D eigenvalue weighted by atomic mass is 10.1. The van der Waals surface area contributed by atoms with E-state index < -0.39 is 5.91 Å². The summed E-state index contributed by atoms with van der Waals surface area (Å²) in [6, 6.07) is 9.20. The van der Waals surface area contributed by atoms with E-state index in [9.17, 15) is 9.90 Å². The van der Waals surface area contributed by atoms with Gasteiger partial charge in [-0.05, 0) is 30.3 Å². The topological polar surface area (TPSA) is 67.8 Å². The van der Waals surface area contributed by atoms with Crippen LogP contribution < -0.4 is 14.8 Å². The van der Waals surface area contributed by atoms with Crippen LogP contribution in [0.2, 0.25) is 5.02 Å². The molecule has 5 nitrogen and oxygen atoms in total. The molecule has 2 rings (SSSR count). The first-order valence-corrected chi connectivity index (χ1v) is 6.44. The lowest BCUT2D eigenvalue weighted by Crippen LogP contribution is -2.12. The summed E-state index contributed by atoms with van der Waals surface area (Å²) in [5, 5.41) is 12.7. The number of nitrogens with one attached hydrogen (secondary N) is 1. The molecule has 0 aliphatic carbocycles. The van der Waals surface area contributed by atoms with Gasteiger partial charge in [0.2, 0.25) is 0 Å². The van der Waals surface area contributed by atoms with E-state index in [2.05, 4.69) is 5.32 Å². The van der Waals surface area contributed by atoms with Crippen molar-refractivity contribution in [3.63, 3.8) is 0 Å². The lowest BCUT2D eigenvalue weighted by Gasteiger charge is -2.10. The molecular weight excluding hydrogens is 294 g/mol. The molecule has 6 heteroatoms. The van der Waals surface area contributed by atoms with Crippen LogP contribution in [0.3, 0.4) is 0 Å². The molecule has 0 spiro atoms. The third-order valence-corrected chi connectivity index (χ3v) is 3.06. The summed E-state index contributed by atoms with van der Waals surface area (Å²) in [6.45, 7) is 0. The Morgan fingerprint density at radius 3 is 2.29 bits per heavy atom. The average Bonchev–Trinajstić information content (AvgIpc) is 2.50. The first-order valence-electron chi connectivity index (χ1n) is 6.06. The van der Waals surface area contributed by atoms with Gasteiger partial charge < -0.3 is 19.9 Å². The molecule has 0 atom stereocenters. The summed E-state index contributed by atoms with van der Waals surface area (Å²) in [6.07, 6.45) is 0. The number of aromatic hydroxyl groups is 1. The Balaban J connectivity index is 2.29. The van der Waals surface area contributed by atoms with Gasteiger partial charge in [0, 0.05) is 16.7 Å². The van der Waals surface area contributed by atoms with Crippen LogP contribution in [0.5, 0.6) is 17.2 Å². The molecule has 0 aromatic heterocycles. The van der Waals surface area contributed by atoms with Crippen molar-refractivity contribution in [3.8, 4) is 17.2 Å². The van der Waals surface area contributed by atoms with Crippen molar-refractivity contribution in [1.82, 2.24) is 0 Å². The van der Waals surface area contributed by atoms with Crippen molar-refractivity contribution in [2.24, 2.45) is 0 Å². The molecule has 1 amide bonds. The Labute approximate surface area is 127 Å². The highest BCUT2D eigenvalue weighted by Gasteiger charge is 2.12. The SMILES string of the molecule is COc1cc(OC)cc(C(=O)Nc2cc(Cl)ccc2O)c1. The number of carbonyl (C=O) groups excluding carboxylic acids is 1. The Morgan fingerprint density at radius 1 is 1.10 bits per heavy atom. The lowest BCUT2D eigenvalue weighted by molar-refractivity contribution is 0.102. The van der Waals surface area contributed by atoms with E-state index in [1.54, 1.807) is 18.2 Å². The van der Waals surface area contributed by atoms with E-state index in [1.165, 1.54) is 32.4 Å². The molecule has 0 aliphatic heterocycles. The van der Waals surface area contributed by atoms with Crippen LogP contribution in [0.25, 0.3) is 0 Å². The van der Waals surface area contributed by atoms with Gasteiger partial charge in [-0.15, -0.1) is 0 Å². The fraction of sp³-hybridized carbons (Fsp3) is 0.133. The van der Waals surface area contributed by atoms with Crippen LogP contribution >= 0.6 is 11.6 Å². The van der Waals surface area contributed by atoms with Crippen LogP contribution in [-0.2, 0) is 0 Å². The van der Waals surface area contributed by atoms with Gasteiger partial charge in [0.15, 0.2) is 0 Å². The maximum Gasteiger partial charge on any atom is 0.256 e. The number of rotatable bonds is 4. The zero-order valence-electron chi connectivity index (χ0n) is 11.5. The number of methoxy groups -OCH3 is 2. The number of carbonyl (C=O) groups is 1. The molecule has 2 aromatic carbocycles. The van der Waals surface area contributed by atoms with E-state index in [1.807, 2.05) is 0 Å². The number of hydrogen-bond donors (Lipinski definition) is 2. The van der Waals surface area contributed by atoms with Crippen molar-refractivity contribution in [2.75, 3.05) is 19.5 Å². The third kappa shape index (κ3) is 3.58. The first kappa shape index (κ1) is 15.0. The van der Waals surface area contributed by atoms with Crippen LogP contribution in [0.4, 0.5) is 5.69 Å². The zero-order chi connectivity index (χ0) is 15.4. The highest BCUT2D eigenvalue weighted by molar-refractivity contribution is 6.31. The molecule has 0 fully saturated rings. The van der Waals surface area contributed by atoms with Gasteiger partial charge >= 0.3 is 0 Å². The minimum Gasteiger partial charge on any atom is -0.506 e. The summed E-state index contributed by atoms with van der Waals surface area (Å²) < 4.78 is 10.2. The fourth-order valence-electron chi connectivity index (χ4n) is 1.74. The van der Waals surface area contributed by atoms with E-state index in [-0.39, 0.29) is 11.4 Å². The number of phenols is 1. The minimum atomic E-state index is -0.412.